The highest BCUT2D eigenvalue weighted by molar-refractivity contribution is 5.20. The summed E-state index contributed by atoms with van der Waals surface area (Å²) in [5, 5.41) is 11.9. The fourth-order valence-electron chi connectivity index (χ4n) is 1.88. The average Bonchev–Trinajstić information content (AvgIpc) is 2.84. The molecule has 5 heteroatoms. The molecular formula is C12H19N5. The van der Waals surface area contributed by atoms with E-state index in [1.54, 1.807) is 0 Å². The van der Waals surface area contributed by atoms with Crippen LogP contribution < -0.4 is 5.32 Å². The van der Waals surface area contributed by atoms with Crippen molar-refractivity contribution in [1.82, 2.24) is 24.9 Å². The molecular weight excluding hydrogens is 214 g/mol. The summed E-state index contributed by atoms with van der Waals surface area (Å²) in [6.07, 6.45) is 5.84. The molecule has 0 spiro atoms. The van der Waals surface area contributed by atoms with Gasteiger partial charge in [0.05, 0.1) is 12.4 Å². The lowest BCUT2D eigenvalue weighted by atomic mass is 10.1. The van der Waals surface area contributed by atoms with Crippen LogP contribution in [0.2, 0.25) is 0 Å². The third-order valence-corrected chi connectivity index (χ3v) is 3.11. The summed E-state index contributed by atoms with van der Waals surface area (Å²) in [6, 6.07) is 0.295. The molecule has 1 N–H and O–H groups in total. The molecule has 0 aromatic carbocycles. The molecule has 0 bridgehead atoms. The van der Waals surface area contributed by atoms with E-state index in [4.69, 9.17) is 0 Å². The molecule has 0 amide bonds. The second-order valence-corrected chi connectivity index (χ2v) is 4.43. The second kappa shape index (κ2) is 4.71. The van der Waals surface area contributed by atoms with Gasteiger partial charge in [0.25, 0.3) is 0 Å². The van der Waals surface area contributed by atoms with E-state index in [1.807, 2.05) is 42.0 Å². The second-order valence-electron chi connectivity index (χ2n) is 4.43. The Morgan fingerprint density at radius 3 is 2.59 bits per heavy atom. The summed E-state index contributed by atoms with van der Waals surface area (Å²) < 4.78 is 3.72. The molecule has 1 atom stereocenters. The minimum atomic E-state index is 0.295. The van der Waals surface area contributed by atoms with Gasteiger partial charge in [-0.25, -0.2) is 0 Å². The van der Waals surface area contributed by atoms with Crippen molar-refractivity contribution in [1.29, 1.82) is 0 Å². The zero-order valence-corrected chi connectivity index (χ0v) is 10.8. The van der Waals surface area contributed by atoms with Gasteiger partial charge in [-0.1, -0.05) is 0 Å². The quantitative estimate of drug-likeness (QED) is 0.866. The van der Waals surface area contributed by atoms with Crippen LogP contribution >= 0.6 is 0 Å². The standard InChI is InChI=1S/C12H19N5/c1-9(12-7-15-17(4)10(12)2)13-5-11-6-14-16(3)8-11/h6-9,13H,5H2,1-4H3. The van der Waals surface area contributed by atoms with Crippen molar-refractivity contribution in [3.63, 3.8) is 0 Å². The molecule has 1 unspecified atom stereocenters. The van der Waals surface area contributed by atoms with E-state index < -0.39 is 0 Å². The number of aryl methyl sites for hydroxylation is 2. The maximum absolute atomic E-state index is 4.26. The molecule has 0 radical (unpaired) electrons. The van der Waals surface area contributed by atoms with Crippen molar-refractivity contribution in [3.8, 4) is 0 Å². The fourth-order valence-corrected chi connectivity index (χ4v) is 1.88. The van der Waals surface area contributed by atoms with Gasteiger partial charge in [-0.15, -0.1) is 0 Å². The minimum Gasteiger partial charge on any atom is -0.306 e. The molecule has 0 aliphatic rings. The Balaban J connectivity index is 1.98. The van der Waals surface area contributed by atoms with Crippen LogP contribution in [0.3, 0.4) is 0 Å². The van der Waals surface area contributed by atoms with E-state index in [-0.39, 0.29) is 0 Å². The Labute approximate surface area is 101 Å². The first-order valence-corrected chi connectivity index (χ1v) is 5.77. The number of hydrogen-bond donors (Lipinski definition) is 1. The van der Waals surface area contributed by atoms with Crippen LogP contribution in [0.1, 0.15) is 29.8 Å². The number of aromatic nitrogens is 4. The number of nitrogens with zero attached hydrogens (tertiary/aromatic N) is 4. The first-order valence-electron chi connectivity index (χ1n) is 5.77. The normalized spacial score (nSPS) is 12.9. The molecule has 2 aromatic rings. The predicted octanol–water partition coefficient (Wildman–Crippen LogP) is 1.31. The highest BCUT2D eigenvalue weighted by Gasteiger charge is 2.11. The van der Waals surface area contributed by atoms with Gasteiger partial charge in [-0.2, -0.15) is 10.2 Å². The molecule has 17 heavy (non-hydrogen) atoms. The van der Waals surface area contributed by atoms with E-state index in [0.717, 1.165) is 6.54 Å². The van der Waals surface area contributed by atoms with Crippen LogP contribution in [0.15, 0.2) is 18.6 Å². The minimum absolute atomic E-state index is 0.295. The molecule has 0 aliphatic heterocycles. The maximum Gasteiger partial charge on any atom is 0.0540 e. The first kappa shape index (κ1) is 11.9. The fraction of sp³-hybridized carbons (Fsp3) is 0.500. The highest BCUT2D eigenvalue weighted by Crippen LogP contribution is 2.16. The predicted molar refractivity (Wildman–Crippen MR) is 66.4 cm³/mol. The Morgan fingerprint density at radius 1 is 1.29 bits per heavy atom. The third-order valence-electron chi connectivity index (χ3n) is 3.11. The highest BCUT2D eigenvalue weighted by atomic mass is 15.3. The van der Waals surface area contributed by atoms with E-state index in [2.05, 4.69) is 29.4 Å². The summed E-state index contributed by atoms with van der Waals surface area (Å²) in [4.78, 5) is 0. The van der Waals surface area contributed by atoms with Crippen molar-refractivity contribution in [2.75, 3.05) is 0 Å². The van der Waals surface area contributed by atoms with E-state index in [0.29, 0.717) is 6.04 Å². The van der Waals surface area contributed by atoms with Crippen molar-refractivity contribution in [3.05, 3.63) is 35.4 Å². The molecule has 2 aromatic heterocycles. The smallest absolute Gasteiger partial charge is 0.0540 e. The van der Waals surface area contributed by atoms with Crippen LogP contribution in [0.25, 0.3) is 0 Å². The largest absolute Gasteiger partial charge is 0.306 e. The summed E-state index contributed by atoms with van der Waals surface area (Å²) in [7, 11) is 3.89. The number of nitrogens with one attached hydrogen (secondary N) is 1. The van der Waals surface area contributed by atoms with E-state index in [1.165, 1.54) is 16.8 Å². The molecule has 5 nitrogen and oxygen atoms in total. The molecule has 2 rings (SSSR count). The zero-order valence-electron chi connectivity index (χ0n) is 10.8. The topological polar surface area (TPSA) is 47.7 Å². The van der Waals surface area contributed by atoms with Gasteiger partial charge in [0, 0.05) is 49.7 Å². The van der Waals surface area contributed by atoms with Crippen LogP contribution in [-0.2, 0) is 20.6 Å². The summed E-state index contributed by atoms with van der Waals surface area (Å²) in [5.41, 5.74) is 3.65. The average molecular weight is 233 g/mol. The lowest BCUT2D eigenvalue weighted by Gasteiger charge is -2.12. The van der Waals surface area contributed by atoms with Crippen molar-refractivity contribution < 1.29 is 0 Å². The van der Waals surface area contributed by atoms with E-state index >= 15 is 0 Å². The molecule has 0 saturated carbocycles. The zero-order chi connectivity index (χ0) is 12.4. The monoisotopic (exact) mass is 233 g/mol. The Kier molecular flexibility index (Phi) is 3.28. The molecule has 0 aliphatic carbocycles. The van der Waals surface area contributed by atoms with Gasteiger partial charge in [0.2, 0.25) is 0 Å². The number of rotatable bonds is 4. The van der Waals surface area contributed by atoms with Crippen molar-refractivity contribution in [2.45, 2.75) is 26.4 Å². The van der Waals surface area contributed by atoms with Gasteiger partial charge in [0.15, 0.2) is 0 Å². The molecule has 0 fully saturated rings. The number of hydrogen-bond acceptors (Lipinski definition) is 3. The van der Waals surface area contributed by atoms with Gasteiger partial charge >= 0.3 is 0 Å². The summed E-state index contributed by atoms with van der Waals surface area (Å²) in [5.74, 6) is 0. The van der Waals surface area contributed by atoms with Gasteiger partial charge in [-0.05, 0) is 13.8 Å². The SMILES string of the molecule is Cc1c(C(C)NCc2cnn(C)c2)cnn1C. The first-order chi connectivity index (χ1) is 8.08. The lowest BCUT2D eigenvalue weighted by molar-refractivity contribution is 0.570. The Morgan fingerprint density at radius 2 is 2.06 bits per heavy atom. The van der Waals surface area contributed by atoms with Crippen LogP contribution in [0.4, 0.5) is 0 Å². The summed E-state index contributed by atoms with van der Waals surface area (Å²) >= 11 is 0. The molecule has 2 heterocycles. The van der Waals surface area contributed by atoms with Crippen LogP contribution in [-0.4, -0.2) is 19.6 Å². The maximum atomic E-state index is 4.26. The Hall–Kier alpha value is -1.62. The summed E-state index contributed by atoms with van der Waals surface area (Å²) in [6.45, 7) is 5.06. The molecule has 0 saturated heterocycles. The van der Waals surface area contributed by atoms with Gasteiger partial charge in [-0.3, -0.25) is 9.36 Å². The van der Waals surface area contributed by atoms with Gasteiger partial charge in [0.1, 0.15) is 0 Å². The van der Waals surface area contributed by atoms with Crippen LogP contribution in [0.5, 0.6) is 0 Å². The van der Waals surface area contributed by atoms with Crippen molar-refractivity contribution in [2.24, 2.45) is 14.1 Å². The molecule has 92 valence electrons. The van der Waals surface area contributed by atoms with Crippen LogP contribution in [0, 0.1) is 6.92 Å². The van der Waals surface area contributed by atoms with Gasteiger partial charge < -0.3 is 5.32 Å². The van der Waals surface area contributed by atoms with E-state index in [9.17, 15) is 0 Å². The van der Waals surface area contributed by atoms with Crippen molar-refractivity contribution >= 4 is 0 Å². The third kappa shape index (κ3) is 2.55. The Bertz CT molecular complexity index is 497. The lowest BCUT2D eigenvalue weighted by Crippen LogP contribution is -2.18.